The van der Waals surface area contributed by atoms with E-state index in [1.165, 1.54) is 0 Å². The Morgan fingerprint density at radius 1 is 0.647 bits per heavy atom. The molecule has 34 heavy (non-hydrogen) atoms. The standard InChI is InChI=1S/2C12H18N2O3/c2*1-4-6-8(3)12(7-5-2)9(15)13-11(17)14-10(12)16/h2*5,8H,2,4,6-7H2,1,3H3,(H2,13,14,15,16,17). The van der Waals surface area contributed by atoms with Crippen LogP contribution in [0.15, 0.2) is 25.3 Å². The lowest BCUT2D eigenvalue weighted by Gasteiger charge is -2.37. The second kappa shape index (κ2) is 12.2. The zero-order chi connectivity index (χ0) is 26.1. The van der Waals surface area contributed by atoms with E-state index in [2.05, 4.69) is 34.4 Å². The maximum Gasteiger partial charge on any atom is 0.328 e. The third-order valence-electron chi connectivity index (χ3n) is 6.59. The Morgan fingerprint density at radius 2 is 0.912 bits per heavy atom. The van der Waals surface area contributed by atoms with E-state index < -0.39 is 46.5 Å². The zero-order valence-corrected chi connectivity index (χ0v) is 20.4. The molecule has 0 bridgehead atoms. The number of urea groups is 2. The van der Waals surface area contributed by atoms with E-state index in [1.807, 2.05) is 27.7 Å². The van der Waals surface area contributed by atoms with Gasteiger partial charge in [-0.2, -0.15) is 0 Å². The van der Waals surface area contributed by atoms with Gasteiger partial charge in [0.05, 0.1) is 0 Å². The van der Waals surface area contributed by atoms with Crippen LogP contribution in [-0.2, 0) is 19.2 Å². The number of amides is 8. The van der Waals surface area contributed by atoms with Crippen molar-refractivity contribution < 1.29 is 28.8 Å². The molecule has 2 fully saturated rings. The summed E-state index contributed by atoms with van der Waals surface area (Å²) in [4.78, 5) is 70.1. The summed E-state index contributed by atoms with van der Waals surface area (Å²) in [7, 11) is 0. The predicted octanol–water partition coefficient (Wildman–Crippen LogP) is 2.70. The van der Waals surface area contributed by atoms with Crippen molar-refractivity contribution in [3.8, 4) is 0 Å². The Kier molecular flexibility index (Phi) is 10.3. The minimum Gasteiger partial charge on any atom is -0.277 e. The first-order valence-corrected chi connectivity index (χ1v) is 11.5. The summed E-state index contributed by atoms with van der Waals surface area (Å²) in [6.45, 7) is 14.8. The molecule has 188 valence electrons. The van der Waals surface area contributed by atoms with E-state index in [0.29, 0.717) is 0 Å². The third kappa shape index (κ3) is 5.60. The second-order valence-corrected chi connectivity index (χ2v) is 8.78. The van der Waals surface area contributed by atoms with Crippen LogP contribution in [0.1, 0.15) is 66.2 Å². The number of barbiturate groups is 2. The van der Waals surface area contributed by atoms with E-state index in [-0.39, 0.29) is 24.7 Å². The summed E-state index contributed by atoms with van der Waals surface area (Å²) < 4.78 is 0. The van der Waals surface area contributed by atoms with Crippen molar-refractivity contribution in [2.75, 3.05) is 0 Å². The Labute approximate surface area is 200 Å². The van der Waals surface area contributed by atoms with Crippen LogP contribution in [0.3, 0.4) is 0 Å². The predicted molar refractivity (Wildman–Crippen MR) is 126 cm³/mol. The van der Waals surface area contributed by atoms with E-state index in [9.17, 15) is 28.8 Å². The highest BCUT2D eigenvalue weighted by atomic mass is 16.2. The molecule has 0 spiro atoms. The number of carbonyl (C=O) groups is 6. The molecule has 4 N–H and O–H groups in total. The van der Waals surface area contributed by atoms with Gasteiger partial charge in [-0.15, -0.1) is 13.2 Å². The maximum absolute atomic E-state index is 12.0. The van der Waals surface area contributed by atoms with E-state index >= 15 is 0 Å². The maximum atomic E-state index is 12.0. The Morgan fingerprint density at radius 3 is 1.12 bits per heavy atom. The van der Waals surface area contributed by atoms with Crippen molar-refractivity contribution in [2.45, 2.75) is 66.2 Å². The van der Waals surface area contributed by atoms with Gasteiger partial charge < -0.3 is 0 Å². The van der Waals surface area contributed by atoms with Gasteiger partial charge in [-0.05, 0) is 37.5 Å². The lowest BCUT2D eigenvalue weighted by Crippen LogP contribution is -2.64. The van der Waals surface area contributed by atoms with Crippen LogP contribution in [0.25, 0.3) is 0 Å². The molecule has 0 aromatic heterocycles. The van der Waals surface area contributed by atoms with Gasteiger partial charge in [0.25, 0.3) is 0 Å². The molecular weight excluding hydrogens is 440 g/mol. The van der Waals surface area contributed by atoms with Crippen LogP contribution in [-0.4, -0.2) is 35.7 Å². The highest BCUT2D eigenvalue weighted by Gasteiger charge is 2.53. The molecule has 0 saturated carbocycles. The first-order valence-electron chi connectivity index (χ1n) is 11.5. The quantitative estimate of drug-likeness (QED) is 0.281. The van der Waals surface area contributed by atoms with Gasteiger partial charge in [0.2, 0.25) is 23.6 Å². The number of imide groups is 4. The molecule has 8 amide bonds. The molecule has 2 heterocycles. The summed E-state index contributed by atoms with van der Waals surface area (Å²) in [6, 6.07) is -1.49. The SMILES string of the molecule is C=CCC1(C(C)CCC)C(=O)NC(=O)NC1=O.C=CCC1(C(C)CCC)C(=O)NC(=O)NC1=O. The Hall–Kier alpha value is -3.30. The van der Waals surface area contributed by atoms with Crippen molar-refractivity contribution in [2.24, 2.45) is 22.7 Å². The lowest BCUT2D eigenvalue weighted by molar-refractivity contribution is -0.149. The Bertz CT molecular complexity index is 756. The van der Waals surface area contributed by atoms with E-state index in [1.54, 1.807) is 12.2 Å². The highest BCUT2D eigenvalue weighted by Crippen LogP contribution is 2.38. The van der Waals surface area contributed by atoms with Gasteiger partial charge >= 0.3 is 12.1 Å². The van der Waals surface area contributed by atoms with Gasteiger partial charge in [0.1, 0.15) is 10.8 Å². The fraction of sp³-hybridized carbons (Fsp3) is 0.583. The molecule has 2 aliphatic rings. The number of hydrogen-bond donors (Lipinski definition) is 4. The molecule has 2 rings (SSSR count). The molecule has 0 aromatic rings. The largest absolute Gasteiger partial charge is 0.328 e. The first-order chi connectivity index (χ1) is 16.0. The molecule has 10 heteroatoms. The first kappa shape index (κ1) is 28.7. The van der Waals surface area contributed by atoms with Crippen LogP contribution >= 0.6 is 0 Å². The smallest absolute Gasteiger partial charge is 0.277 e. The highest BCUT2D eigenvalue weighted by molar-refractivity contribution is 6.20. The van der Waals surface area contributed by atoms with Crippen molar-refractivity contribution in [3.05, 3.63) is 25.3 Å². The summed E-state index contributed by atoms with van der Waals surface area (Å²) in [5.41, 5.74) is -2.41. The average Bonchev–Trinajstić information content (AvgIpc) is 2.74. The third-order valence-corrected chi connectivity index (χ3v) is 6.59. The molecule has 0 aliphatic carbocycles. The summed E-state index contributed by atoms with van der Waals surface area (Å²) >= 11 is 0. The van der Waals surface area contributed by atoms with Crippen LogP contribution in [0.5, 0.6) is 0 Å². The van der Waals surface area contributed by atoms with Crippen molar-refractivity contribution >= 4 is 35.7 Å². The molecule has 2 saturated heterocycles. The molecular formula is C24H36N4O6. The zero-order valence-electron chi connectivity index (χ0n) is 20.4. The molecule has 2 atom stereocenters. The molecule has 0 aromatic carbocycles. The fourth-order valence-electron chi connectivity index (χ4n) is 4.61. The number of hydrogen-bond acceptors (Lipinski definition) is 6. The lowest BCUT2D eigenvalue weighted by atomic mass is 9.69. The van der Waals surface area contributed by atoms with Crippen LogP contribution in [0.4, 0.5) is 9.59 Å². The molecule has 2 unspecified atom stereocenters. The molecule has 2 aliphatic heterocycles. The van der Waals surface area contributed by atoms with E-state index in [4.69, 9.17) is 0 Å². The van der Waals surface area contributed by atoms with Gasteiger partial charge in [0, 0.05) is 0 Å². The number of carbonyl (C=O) groups excluding carboxylic acids is 6. The van der Waals surface area contributed by atoms with Crippen LogP contribution in [0.2, 0.25) is 0 Å². The summed E-state index contributed by atoms with van der Waals surface area (Å²) in [6.07, 6.45) is 6.77. The summed E-state index contributed by atoms with van der Waals surface area (Å²) in [5, 5.41) is 8.67. The Balaban J connectivity index is 0.000000340. The van der Waals surface area contributed by atoms with Crippen molar-refractivity contribution in [1.29, 1.82) is 0 Å². The van der Waals surface area contributed by atoms with E-state index in [0.717, 1.165) is 25.7 Å². The minimum atomic E-state index is -1.20. The molecule has 0 radical (unpaired) electrons. The summed E-state index contributed by atoms with van der Waals surface area (Å²) in [5.74, 6) is -2.37. The van der Waals surface area contributed by atoms with Crippen molar-refractivity contribution in [3.63, 3.8) is 0 Å². The van der Waals surface area contributed by atoms with Crippen LogP contribution < -0.4 is 21.3 Å². The topological polar surface area (TPSA) is 151 Å². The number of nitrogens with one attached hydrogen (secondary N) is 4. The van der Waals surface area contributed by atoms with Crippen LogP contribution in [0, 0.1) is 22.7 Å². The number of allylic oxidation sites excluding steroid dienone is 2. The molecule has 10 nitrogen and oxygen atoms in total. The minimum absolute atomic E-state index is 0.140. The van der Waals surface area contributed by atoms with Gasteiger partial charge in [0.15, 0.2) is 0 Å². The fourth-order valence-corrected chi connectivity index (χ4v) is 4.61. The normalized spacial score (nSPS) is 20.5. The van der Waals surface area contributed by atoms with Gasteiger partial charge in [-0.1, -0.05) is 52.7 Å². The van der Waals surface area contributed by atoms with Gasteiger partial charge in [-0.25, -0.2) is 9.59 Å². The average molecular weight is 477 g/mol. The second-order valence-electron chi connectivity index (χ2n) is 8.78. The van der Waals surface area contributed by atoms with Gasteiger partial charge in [-0.3, -0.25) is 40.4 Å². The number of rotatable bonds is 10. The monoisotopic (exact) mass is 476 g/mol. The van der Waals surface area contributed by atoms with Crippen molar-refractivity contribution in [1.82, 2.24) is 21.3 Å².